The largest absolute Gasteiger partial charge is 0.480 e. The Morgan fingerprint density at radius 3 is 2.11 bits per heavy atom. The average molecular weight is 484 g/mol. The Morgan fingerprint density at radius 2 is 1.49 bits per heavy atom. The molecular weight excluding hydrogens is 458 g/mol. The highest BCUT2D eigenvalue weighted by molar-refractivity contribution is 7.15. The molecule has 1 aromatic heterocycles. The number of thiophene rings is 1. The minimum absolute atomic E-state index is 0.0783. The fraction of sp³-hybridized carbons (Fsp3) is 0.172. The SMILES string of the molecule is Cc1ccccc1-c1ccc(CC(NC(=O)OCC2c3ccccc3-c3ccccc32)C(=O)O)s1. The quantitative estimate of drug-likeness (QED) is 0.325. The van der Waals surface area contributed by atoms with Crippen molar-refractivity contribution in [2.75, 3.05) is 6.61 Å². The van der Waals surface area contributed by atoms with Gasteiger partial charge >= 0.3 is 12.1 Å². The predicted octanol–water partition coefficient (Wildman–Crippen LogP) is 6.26. The molecule has 5 rings (SSSR count). The fourth-order valence-corrected chi connectivity index (χ4v) is 5.81. The third-order valence-corrected chi connectivity index (χ3v) is 7.55. The van der Waals surface area contributed by atoms with Crippen molar-refractivity contribution < 1.29 is 19.4 Å². The molecule has 35 heavy (non-hydrogen) atoms. The van der Waals surface area contributed by atoms with Crippen molar-refractivity contribution in [3.05, 3.63) is 106 Å². The van der Waals surface area contributed by atoms with Crippen LogP contribution in [0, 0.1) is 6.92 Å². The predicted molar refractivity (Wildman–Crippen MR) is 138 cm³/mol. The maximum absolute atomic E-state index is 12.6. The minimum atomic E-state index is -1.09. The van der Waals surface area contributed by atoms with E-state index in [2.05, 4.69) is 23.5 Å². The lowest BCUT2D eigenvalue weighted by molar-refractivity contribution is -0.139. The topological polar surface area (TPSA) is 75.6 Å². The van der Waals surface area contributed by atoms with Crippen molar-refractivity contribution in [3.63, 3.8) is 0 Å². The Balaban J connectivity index is 1.25. The number of carbonyl (C=O) groups excluding carboxylic acids is 1. The van der Waals surface area contributed by atoms with E-state index < -0.39 is 18.1 Å². The van der Waals surface area contributed by atoms with Gasteiger partial charge in [0.1, 0.15) is 12.6 Å². The third kappa shape index (κ3) is 4.70. The number of carboxylic acids is 1. The second-order valence-electron chi connectivity index (χ2n) is 8.65. The number of aliphatic carboxylic acids is 1. The number of alkyl carbamates (subject to hydrolysis) is 1. The Bertz CT molecular complexity index is 1350. The van der Waals surface area contributed by atoms with E-state index in [1.807, 2.05) is 73.7 Å². The van der Waals surface area contributed by atoms with E-state index in [0.29, 0.717) is 0 Å². The van der Waals surface area contributed by atoms with E-state index in [9.17, 15) is 14.7 Å². The van der Waals surface area contributed by atoms with Gasteiger partial charge in [0.2, 0.25) is 0 Å². The first-order valence-corrected chi connectivity index (χ1v) is 12.3. The van der Waals surface area contributed by atoms with Gasteiger partial charge in [0.05, 0.1) is 0 Å². The first-order chi connectivity index (χ1) is 17.0. The number of ether oxygens (including phenoxy) is 1. The Morgan fingerprint density at radius 1 is 0.886 bits per heavy atom. The monoisotopic (exact) mass is 483 g/mol. The zero-order chi connectivity index (χ0) is 24.4. The lowest BCUT2D eigenvalue weighted by atomic mass is 9.98. The molecule has 1 atom stereocenters. The van der Waals surface area contributed by atoms with Crippen molar-refractivity contribution in [3.8, 4) is 21.6 Å². The normalized spacial score (nSPS) is 13.1. The van der Waals surface area contributed by atoms with E-state index >= 15 is 0 Å². The van der Waals surface area contributed by atoms with Crippen LogP contribution in [-0.4, -0.2) is 29.8 Å². The van der Waals surface area contributed by atoms with E-state index in [1.165, 1.54) is 11.3 Å². The maximum atomic E-state index is 12.6. The summed E-state index contributed by atoms with van der Waals surface area (Å²) < 4.78 is 5.54. The highest BCUT2D eigenvalue weighted by Gasteiger charge is 2.30. The Kier molecular flexibility index (Phi) is 6.38. The molecule has 0 saturated carbocycles. The number of benzene rings is 3. The number of aryl methyl sites for hydroxylation is 1. The van der Waals surface area contributed by atoms with E-state index in [4.69, 9.17) is 4.74 Å². The lowest BCUT2D eigenvalue weighted by Gasteiger charge is -2.17. The van der Waals surface area contributed by atoms with Crippen LogP contribution >= 0.6 is 11.3 Å². The molecular formula is C29H25NO4S. The van der Waals surface area contributed by atoms with Crippen molar-refractivity contribution in [1.82, 2.24) is 5.32 Å². The molecule has 1 aliphatic carbocycles. The molecule has 1 amide bonds. The molecule has 1 aliphatic rings. The summed E-state index contributed by atoms with van der Waals surface area (Å²) in [5, 5.41) is 12.3. The van der Waals surface area contributed by atoms with Gasteiger partial charge in [-0.2, -0.15) is 0 Å². The molecule has 5 nitrogen and oxygen atoms in total. The maximum Gasteiger partial charge on any atom is 0.407 e. The van der Waals surface area contributed by atoms with Crippen LogP contribution in [0.25, 0.3) is 21.6 Å². The van der Waals surface area contributed by atoms with Gasteiger partial charge in [0.15, 0.2) is 0 Å². The summed E-state index contributed by atoms with van der Waals surface area (Å²) in [4.78, 5) is 26.5. The summed E-state index contributed by atoms with van der Waals surface area (Å²) in [6, 6.07) is 27.1. The van der Waals surface area contributed by atoms with E-state index in [0.717, 1.165) is 43.1 Å². The number of hydrogen-bond acceptors (Lipinski definition) is 4. The first-order valence-electron chi connectivity index (χ1n) is 11.5. The standard InChI is InChI=1S/C29H25NO4S/c1-18-8-2-3-9-20(18)27-15-14-19(35-27)16-26(28(31)32)30-29(33)34-17-25-23-12-6-4-10-21(23)22-11-5-7-13-24(22)25/h2-15,25-26H,16-17H2,1H3,(H,30,33)(H,31,32). The van der Waals surface area contributed by atoms with Crippen LogP contribution in [0.15, 0.2) is 84.9 Å². The van der Waals surface area contributed by atoms with Gasteiger partial charge in [-0.05, 0) is 52.4 Å². The molecule has 2 N–H and O–H groups in total. The zero-order valence-corrected chi connectivity index (χ0v) is 20.0. The molecule has 0 fully saturated rings. The van der Waals surface area contributed by atoms with Gasteiger partial charge in [0, 0.05) is 22.1 Å². The number of fused-ring (bicyclic) bond motifs is 3. The third-order valence-electron chi connectivity index (χ3n) is 6.41. The minimum Gasteiger partial charge on any atom is -0.480 e. The van der Waals surface area contributed by atoms with Crippen LogP contribution in [0.1, 0.15) is 27.5 Å². The van der Waals surface area contributed by atoms with Crippen molar-refractivity contribution in [2.24, 2.45) is 0 Å². The number of carbonyl (C=O) groups is 2. The van der Waals surface area contributed by atoms with Crippen LogP contribution in [0.2, 0.25) is 0 Å². The summed E-state index contributed by atoms with van der Waals surface area (Å²) in [7, 11) is 0. The molecule has 0 bridgehead atoms. The summed E-state index contributed by atoms with van der Waals surface area (Å²) in [6.07, 6.45) is -0.536. The van der Waals surface area contributed by atoms with Gasteiger partial charge in [-0.1, -0.05) is 72.8 Å². The van der Waals surface area contributed by atoms with Crippen LogP contribution in [0.3, 0.4) is 0 Å². The van der Waals surface area contributed by atoms with E-state index in [-0.39, 0.29) is 18.9 Å². The van der Waals surface area contributed by atoms with Gasteiger partial charge in [0.25, 0.3) is 0 Å². The molecule has 0 saturated heterocycles. The average Bonchev–Trinajstić information content (AvgIpc) is 3.45. The van der Waals surface area contributed by atoms with Crippen molar-refractivity contribution >= 4 is 23.4 Å². The fourth-order valence-electron chi connectivity index (χ4n) is 4.67. The Labute approximate surface area is 208 Å². The van der Waals surface area contributed by atoms with E-state index in [1.54, 1.807) is 0 Å². The number of amides is 1. The molecule has 0 spiro atoms. The number of rotatable bonds is 7. The van der Waals surface area contributed by atoms with Crippen LogP contribution < -0.4 is 5.32 Å². The zero-order valence-electron chi connectivity index (χ0n) is 19.2. The van der Waals surface area contributed by atoms with Crippen LogP contribution in [0.4, 0.5) is 4.79 Å². The van der Waals surface area contributed by atoms with Crippen LogP contribution in [-0.2, 0) is 16.0 Å². The molecule has 0 radical (unpaired) electrons. The molecule has 4 aromatic rings. The number of carboxylic acid groups (broad SMARTS) is 1. The highest BCUT2D eigenvalue weighted by Crippen LogP contribution is 2.44. The summed E-state index contributed by atoms with van der Waals surface area (Å²) in [5.74, 6) is -1.17. The molecule has 1 unspecified atom stereocenters. The van der Waals surface area contributed by atoms with Gasteiger partial charge in [-0.3, -0.25) is 0 Å². The Hall–Kier alpha value is -3.90. The van der Waals surface area contributed by atoms with Crippen LogP contribution in [0.5, 0.6) is 0 Å². The summed E-state index contributed by atoms with van der Waals surface area (Å²) in [6.45, 7) is 2.19. The molecule has 6 heteroatoms. The second kappa shape index (κ2) is 9.76. The number of hydrogen-bond donors (Lipinski definition) is 2. The molecule has 0 aliphatic heterocycles. The van der Waals surface area contributed by atoms with Crippen molar-refractivity contribution in [1.29, 1.82) is 0 Å². The smallest absolute Gasteiger partial charge is 0.407 e. The summed E-state index contributed by atoms with van der Waals surface area (Å²) in [5.41, 5.74) is 6.79. The first kappa shape index (κ1) is 22.9. The van der Waals surface area contributed by atoms with Gasteiger partial charge in [-0.15, -0.1) is 11.3 Å². The second-order valence-corrected chi connectivity index (χ2v) is 9.81. The number of nitrogens with one attached hydrogen (secondary N) is 1. The summed E-state index contributed by atoms with van der Waals surface area (Å²) >= 11 is 1.54. The molecule has 176 valence electrons. The van der Waals surface area contributed by atoms with Crippen molar-refractivity contribution in [2.45, 2.75) is 25.3 Å². The lowest BCUT2D eigenvalue weighted by Crippen LogP contribution is -2.42. The van der Waals surface area contributed by atoms with Gasteiger partial charge < -0.3 is 15.2 Å². The van der Waals surface area contributed by atoms with Gasteiger partial charge in [-0.25, -0.2) is 9.59 Å². The highest BCUT2D eigenvalue weighted by atomic mass is 32.1. The molecule has 1 heterocycles. The molecule has 3 aromatic carbocycles.